The summed E-state index contributed by atoms with van der Waals surface area (Å²) >= 11 is 0. The van der Waals surface area contributed by atoms with E-state index in [1.807, 2.05) is 0 Å². The fraction of sp³-hybridized carbons (Fsp3) is 0.286. The van der Waals surface area contributed by atoms with Crippen LogP contribution in [-0.2, 0) is 25.7 Å². The molecule has 2 heterocycles. The van der Waals surface area contributed by atoms with Crippen molar-refractivity contribution >= 4 is 11.9 Å². The van der Waals surface area contributed by atoms with E-state index >= 15 is 0 Å². The first-order valence-electron chi connectivity index (χ1n) is 6.49. The Balaban J connectivity index is 1.72. The molecule has 0 spiro atoms. The maximum atomic E-state index is 11.0. The van der Waals surface area contributed by atoms with Gasteiger partial charge < -0.3 is 23.8 Å². The maximum Gasteiger partial charge on any atom is 0.372 e. The number of carboxylic acids is 2. The van der Waals surface area contributed by atoms with E-state index in [2.05, 4.69) is 0 Å². The van der Waals surface area contributed by atoms with Crippen LogP contribution in [0.4, 0.5) is 0 Å². The van der Waals surface area contributed by atoms with Crippen LogP contribution in [0.2, 0.25) is 0 Å². The Morgan fingerprint density at radius 3 is 1.38 bits per heavy atom. The highest BCUT2D eigenvalue weighted by Crippen LogP contribution is 2.44. The summed E-state index contributed by atoms with van der Waals surface area (Å²) in [7, 11) is 0. The predicted molar refractivity (Wildman–Crippen MR) is 66.2 cm³/mol. The molecule has 0 aromatic carbocycles. The van der Waals surface area contributed by atoms with Crippen LogP contribution in [0.15, 0.2) is 8.83 Å². The molecule has 7 heteroatoms. The third kappa shape index (κ3) is 1.54. The fourth-order valence-corrected chi connectivity index (χ4v) is 2.73. The summed E-state index contributed by atoms with van der Waals surface area (Å²) in [6, 6.07) is 0. The summed E-state index contributed by atoms with van der Waals surface area (Å²) in [5.41, 5.74) is 2.71. The molecule has 108 valence electrons. The lowest BCUT2D eigenvalue weighted by atomic mass is 9.90. The van der Waals surface area contributed by atoms with Gasteiger partial charge in [-0.2, -0.15) is 0 Å². The minimum atomic E-state index is -1.14. The summed E-state index contributed by atoms with van der Waals surface area (Å²) < 4.78 is 16.0. The molecule has 4 rings (SSSR count). The van der Waals surface area contributed by atoms with Crippen molar-refractivity contribution in [2.24, 2.45) is 0 Å². The third-order valence-corrected chi connectivity index (χ3v) is 3.98. The second-order valence-corrected chi connectivity index (χ2v) is 5.06. The number of carbonyl (C=O) groups is 2. The van der Waals surface area contributed by atoms with E-state index in [1.165, 1.54) is 0 Å². The van der Waals surface area contributed by atoms with Gasteiger partial charge in [0.05, 0.1) is 0 Å². The van der Waals surface area contributed by atoms with Crippen molar-refractivity contribution in [3.63, 3.8) is 0 Å². The second kappa shape index (κ2) is 3.91. The third-order valence-electron chi connectivity index (χ3n) is 3.98. The van der Waals surface area contributed by atoms with Crippen LogP contribution in [0, 0.1) is 0 Å². The fourth-order valence-electron chi connectivity index (χ4n) is 2.73. The molecular weight excluding hydrogens is 280 g/mol. The van der Waals surface area contributed by atoms with Crippen LogP contribution >= 0.6 is 0 Å². The Morgan fingerprint density at radius 2 is 1.14 bits per heavy atom. The molecule has 0 saturated carbocycles. The molecular formula is C14H10O7. The van der Waals surface area contributed by atoms with Crippen molar-refractivity contribution in [2.45, 2.75) is 25.7 Å². The molecule has 2 aliphatic rings. The first-order chi connectivity index (χ1) is 10.1. The minimum absolute atomic E-state index is 0.0917. The highest BCUT2D eigenvalue weighted by atomic mass is 16.7. The summed E-state index contributed by atoms with van der Waals surface area (Å²) in [5.74, 6) is -2.33. The lowest BCUT2D eigenvalue weighted by Gasteiger charge is -2.14. The molecule has 0 fully saturated rings. The van der Waals surface area contributed by atoms with E-state index in [0.29, 0.717) is 47.9 Å². The van der Waals surface area contributed by atoms with E-state index in [0.717, 1.165) is 0 Å². The quantitative estimate of drug-likeness (QED) is 0.888. The van der Waals surface area contributed by atoms with E-state index in [1.54, 1.807) is 0 Å². The van der Waals surface area contributed by atoms with Gasteiger partial charge in [-0.15, -0.1) is 0 Å². The van der Waals surface area contributed by atoms with Gasteiger partial charge in [0.15, 0.2) is 0 Å². The van der Waals surface area contributed by atoms with E-state index < -0.39 is 11.9 Å². The zero-order chi connectivity index (χ0) is 14.7. The summed E-state index contributed by atoms with van der Waals surface area (Å²) in [5, 5.41) is 18.1. The number of ether oxygens (including phenoxy) is 1. The van der Waals surface area contributed by atoms with Gasteiger partial charge in [0, 0.05) is 22.3 Å². The normalized spacial score (nSPS) is 14.7. The average molecular weight is 290 g/mol. The van der Waals surface area contributed by atoms with Crippen LogP contribution in [-0.4, -0.2) is 22.2 Å². The number of hydrogen-bond donors (Lipinski definition) is 2. The van der Waals surface area contributed by atoms with Crippen LogP contribution in [0.25, 0.3) is 0 Å². The van der Waals surface area contributed by atoms with Crippen LogP contribution in [0.3, 0.4) is 0 Å². The van der Waals surface area contributed by atoms with Crippen molar-refractivity contribution in [3.05, 3.63) is 33.8 Å². The van der Waals surface area contributed by atoms with Gasteiger partial charge in [0.25, 0.3) is 11.9 Å². The summed E-state index contributed by atoms with van der Waals surface area (Å²) in [6.45, 7) is 0. The van der Waals surface area contributed by atoms with E-state index in [-0.39, 0.29) is 23.4 Å². The molecule has 2 aromatic rings. The van der Waals surface area contributed by atoms with Gasteiger partial charge in [0.1, 0.15) is 0 Å². The molecule has 0 bridgehead atoms. The van der Waals surface area contributed by atoms with Gasteiger partial charge in [0.2, 0.25) is 11.5 Å². The van der Waals surface area contributed by atoms with Crippen LogP contribution in [0.5, 0.6) is 11.9 Å². The molecule has 2 aliphatic carbocycles. The molecule has 7 nitrogen and oxygen atoms in total. The largest absolute Gasteiger partial charge is 0.475 e. The molecule has 0 amide bonds. The Bertz CT molecular complexity index is 727. The maximum absolute atomic E-state index is 11.0. The molecule has 0 atom stereocenters. The highest BCUT2D eigenvalue weighted by Gasteiger charge is 2.35. The Hall–Kier alpha value is -2.70. The molecule has 21 heavy (non-hydrogen) atoms. The lowest BCUT2D eigenvalue weighted by molar-refractivity contribution is 0.0652. The Labute approximate surface area is 117 Å². The van der Waals surface area contributed by atoms with Crippen molar-refractivity contribution in [1.29, 1.82) is 0 Å². The molecule has 0 saturated heterocycles. The van der Waals surface area contributed by atoms with E-state index in [4.69, 9.17) is 23.8 Å². The lowest BCUT2D eigenvalue weighted by Crippen LogP contribution is -2.11. The first kappa shape index (κ1) is 12.1. The second-order valence-electron chi connectivity index (χ2n) is 5.06. The SMILES string of the molecule is O=C(O)c1oc(Oc2oc(C(=O)O)c3c2CC3)c2c1CC2. The minimum Gasteiger partial charge on any atom is -0.475 e. The highest BCUT2D eigenvalue weighted by molar-refractivity contribution is 5.88. The standard InChI is InChI=1S/C14H10O7/c15-11(16)9-5-1-3-7(5)13(19-9)21-14-8-4-2-6(8)10(20-14)12(17)18/h1-4H2,(H,15,16)(H,17,18). The van der Waals surface area contributed by atoms with Gasteiger partial charge in [-0.05, 0) is 25.7 Å². The monoisotopic (exact) mass is 290 g/mol. The van der Waals surface area contributed by atoms with Crippen LogP contribution in [0.1, 0.15) is 43.4 Å². The number of hydrogen-bond acceptors (Lipinski definition) is 5. The molecule has 2 aromatic heterocycles. The zero-order valence-electron chi connectivity index (χ0n) is 10.8. The number of carboxylic acid groups (broad SMARTS) is 2. The van der Waals surface area contributed by atoms with Crippen molar-refractivity contribution in [3.8, 4) is 11.9 Å². The summed E-state index contributed by atoms with van der Waals surface area (Å²) in [4.78, 5) is 22.1. The average Bonchev–Trinajstić information content (AvgIpc) is 2.70. The first-order valence-corrected chi connectivity index (χ1v) is 6.49. The van der Waals surface area contributed by atoms with Gasteiger partial charge in [-0.1, -0.05) is 0 Å². The number of furan rings is 2. The van der Waals surface area contributed by atoms with Crippen molar-refractivity contribution in [1.82, 2.24) is 0 Å². The molecule has 0 aliphatic heterocycles. The molecule has 0 unspecified atom stereocenters. The summed E-state index contributed by atoms with van der Waals surface area (Å²) in [6.07, 6.45) is 2.63. The van der Waals surface area contributed by atoms with Crippen molar-refractivity contribution < 1.29 is 33.4 Å². The number of fused-ring (bicyclic) bond motifs is 2. The predicted octanol–water partition coefficient (Wildman–Crippen LogP) is 2.26. The molecule has 2 N–H and O–H groups in total. The van der Waals surface area contributed by atoms with Gasteiger partial charge >= 0.3 is 11.9 Å². The zero-order valence-corrected chi connectivity index (χ0v) is 10.8. The smallest absolute Gasteiger partial charge is 0.372 e. The number of aromatic carboxylic acids is 2. The van der Waals surface area contributed by atoms with Crippen molar-refractivity contribution in [2.75, 3.05) is 0 Å². The topological polar surface area (TPSA) is 110 Å². The molecule has 0 radical (unpaired) electrons. The van der Waals surface area contributed by atoms with Crippen LogP contribution < -0.4 is 4.74 Å². The Morgan fingerprint density at radius 1 is 0.762 bits per heavy atom. The van der Waals surface area contributed by atoms with Gasteiger partial charge in [-0.3, -0.25) is 0 Å². The van der Waals surface area contributed by atoms with Gasteiger partial charge in [-0.25, -0.2) is 9.59 Å². The Kier molecular flexibility index (Phi) is 2.25. The number of rotatable bonds is 4. The van der Waals surface area contributed by atoms with E-state index in [9.17, 15) is 9.59 Å².